The SMILES string of the molecule is CCCCC(=O)N1CCCC(Oc2ccncn2)C1. The zero-order valence-electron chi connectivity index (χ0n) is 11.4. The highest BCUT2D eigenvalue weighted by atomic mass is 16.5. The van der Waals surface area contributed by atoms with E-state index < -0.39 is 0 Å². The number of piperidine rings is 1. The zero-order chi connectivity index (χ0) is 13.5. The minimum atomic E-state index is 0.0502. The minimum Gasteiger partial charge on any atom is -0.472 e. The molecule has 1 unspecified atom stereocenters. The van der Waals surface area contributed by atoms with Crippen molar-refractivity contribution >= 4 is 5.91 Å². The van der Waals surface area contributed by atoms with Crippen molar-refractivity contribution in [3.05, 3.63) is 18.6 Å². The first-order chi connectivity index (χ1) is 9.29. The highest BCUT2D eigenvalue weighted by molar-refractivity contribution is 5.76. The lowest BCUT2D eigenvalue weighted by atomic mass is 10.1. The van der Waals surface area contributed by atoms with Gasteiger partial charge in [0.15, 0.2) is 0 Å². The highest BCUT2D eigenvalue weighted by Gasteiger charge is 2.24. The van der Waals surface area contributed by atoms with E-state index >= 15 is 0 Å². The topological polar surface area (TPSA) is 55.3 Å². The summed E-state index contributed by atoms with van der Waals surface area (Å²) < 4.78 is 5.80. The van der Waals surface area contributed by atoms with Crippen LogP contribution in [0.25, 0.3) is 0 Å². The molecule has 1 aromatic heterocycles. The predicted octanol–water partition coefficient (Wildman–Crippen LogP) is 2.04. The molecule has 2 rings (SSSR count). The fraction of sp³-hybridized carbons (Fsp3) is 0.643. The van der Waals surface area contributed by atoms with Crippen molar-refractivity contribution in [2.75, 3.05) is 13.1 Å². The van der Waals surface area contributed by atoms with Crippen LogP contribution >= 0.6 is 0 Å². The summed E-state index contributed by atoms with van der Waals surface area (Å²) in [6, 6.07) is 1.75. The van der Waals surface area contributed by atoms with Crippen LogP contribution in [0.4, 0.5) is 0 Å². The Morgan fingerprint density at radius 3 is 3.21 bits per heavy atom. The number of nitrogens with zero attached hydrogens (tertiary/aromatic N) is 3. The first kappa shape index (κ1) is 13.8. The molecule has 0 aliphatic carbocycles. The quantitative estimate of drug-likeness (QED) is 0.815. The van der Waals surface area contributed by atoms with Crippen LogP contribution in [-0.4, -0.2) is 40.0 Å². The molecule has 0 spiro atoms. The molecule has 1 aliphatic heterocycles. The molecule has 0 aromatic carbocycles. The summed E-state index contributed by atoms with van der Waals surface area (Å²) >= 11 is 0. The third-order valence-electron chi connectivity index (χ3n) is 3.32. The number of rotatable bonds is 5. The monoisotopic (exact) mass is 263 g/mol. The van der Waals surface area contributed by atoms with Crippen molar-refractivity contribution in [1.29, 1.82) is 0 Å². The van der Waals surface area contributed by atoms with Crippen molar-refractivity contribution in [1.82, 2.24) is 14.9 Å². The fourth-order valence-corrected chi connectivity index (χ4v) is 2.27. The number of aromatic nitrogens is 2. The van der Waals surface area contributed by atoms with Crippen LogP contribution in [0.1, 0.15) is 39.0 Å². The Kier molecular flexibility index (Phi) is 5.12. The third kappa shape index (κ3) is 4.19. The maximum atomic E-state index is 12.0. The average molecular weight is 263 g/mol. The summed E-state index contributed by atoms with van der Waals surface area (Å²) in [5, 5.41) is 0. The lowest BCUT2D eigenvalue weighted by molar-refractivity contribution is -0.134. The van der Waals surface area contributed by atoms with E-state index in [1.165, 1.54) is 6.33 Å². The van der Waals surface area contributed by atoms with E-state index in [9.17, 15) is 4.79 Å². The van der Waals surface area contributed by atoms with Gasteiger partial charge in [-0.05, 0) is 19.3 Å². The van der Waals surface area contributed by atoms with Gasteiger partial charge in [0.25, 0.3) is 0 Å². The standard InChI is InChI=1S/C14H21N3O2/c1-2-3-6-14(18)17-9-4-5-12(10-17)19-13-7-8-15-11-16-13/h7-8,11-12H,2-6,9-10H2,1H3. The summed E-state index contributed by atoms with van der Waals surface area (Å²) in [5.74, 6) is 0.834. The number of hydrogen-bond donors (Lipinski definition) is 0. The first-order valence-corrected chi connectivity index (χ1v) is 7.00. The molecular formula is C14H21N3O2. The average Bonchev–Trinajstić information content (AvgIpc) is 2.46. The molecule has 19 heavy (non-hydrogen) atoms. The van der Waals surface area contributed by atoms with Gasteiger partial charge in [0.2, 0.25) is 11.8 Å². The van der Waals surface area contributed by atoms with Gasteiger partial charge in [0.1, 0.15) is 12.4 Å². The molecular weight excluding hydrogens is 242 g/mol. The lowest BCUT2D eigenvalue weighted by Gasteiger charge is -2.32. The third-order valence-corrected chi connectivity index (χ3v) is 3.32. The van der Waals surface area contributed by atoms with Gasteiger partial charge < -0.3 is 9.64 Å². The second kappa shape index (κ2) is 7.07. The van der Waals surface area contributed by atoms with Gasteiger partial charge in [-0.1, -0.05) is 13.3 Å². The molecule has 1 amide bonds. The zero-order valence-corrected chi connectivity index (χ0v) is 11.4. The van der Waals surface area contributed by atoms with Gasteiger partial charge in [-0.15, -0.1) is 0 Å². The summed E-state index contributed by atoms with van der Waals surface area (Å²) in [7, 11) is 0. The largest absolute Gasteiger partial charge is 0.472 e. The Morgan fingerprint density at radius 1 is 1.58 bits per heavy atom. The van der Waals surface area contributed by atoms with Crippen molar-refractivity contribution in [2.24, 2.45) is 0 Å². The molecule has 1 aromatic rings. The van der Waals surface area contributed by atoms with Crippen LogP contribution in [0.3, 0.4) is 0 Å². The van der Waals surface area contributed by atoms with E-state index in [-0.39, 0.29) is 12.0 Å². The van der Waals surface area contributed by atoms with Gasteiger partial charge in [0.05, 0.1) is 6.54 Å². The van der Waals surface area contributed by atoms with Crippen molar-refractivity contribution in [2.45, 2.75) is 45.1 Å². The predicted molar refractivity (Wildman–Crippen MR) is 71.8 cm³/mol. The first-order valence-electron chi connectivity index (χ1n) is 7.00. The number of unbranched alkanes of at least 4 members (excludes halogenated alkanes) is 1. The Bertz CT molecular complexity index is 397. The molecule has 2 heterocycles. The van der Waals surface area contributed by atoms with Crippen LogP contribution in [0.2, 0.25) is 0 Å². The molecule has 1 aliphatic rings. The van der Waals surface area contributed by atoms with Crippen molar-refractivity contribution in [3.63, 3.8) is 0 Å². The Labute approximate surface area is 114 Å². The van der Waals surface area contributed by atoms with Crippen molar-refractivity contribution < 1.29 is 9.53 Å². The van der Waals surface area contributed by atoms with Gasteiger partial charge in [-0.3, -0.25) is 4.79 Å². The summed E-state index contributed by atoms with van der Waals surface area (Å²) in [4.78, 5) is 21.8. The Hall–Kier alpha value is -1.65. The van der Waals surface area contributed by atoms with Crippen LogP contribution in [0.15, 0.2) is 18.6 Å². The molecule has 0 N–H and O–H groups in total. The maximum absolute atomic E-state index is 12.0. The number of likely N-dealkylation sites (tertiary alicyclic amines) is 1. The summed E-state index contributed by atoms with van der Waals surface area (Å²) in [6.07, 6.45) is 7.82. The summed E-state index contributed by atoms with van der Waals surface area (Å²) in [6.45, 7) is 3.63. The second-order valence-electron chi connectivity index (χ2n) is 4.87. The van der Waals surface area contributed by atoms with E-state index in [2.05, 4.69) is 16.9 Å². The van der Waals surface area contributed by atoms with Crippen molar-refractivity contribution in [3.8, 4) is 5.88 Å². The molecule has 0 radical (unpaired) electrons. The number of carbonyl (C=O) groups is 1. The van der Waals surface area contributed by atoms with E-state index in [1.54, 1.807) is 12.3 Å². The van der Waals surface area contributed by atoms with Crippen LogP contribution < -0.4 is 4.74 Å². The van der Waals surface area contributed by atoms with E-state index in [1.807, 2.05) is 4.90 Å². The molecule has 1 fully saturated rings. The van der Waals surface area contributed by atoms with Gasteiger partial charge >= 0.3 is 0 Å². The van der Waals surface area contributed by atoms with Gasteiger partial charge in [0, 0.05) is 25.2 Å². The highest BCUT2D eigenvalue weighted by Crippen LogP contribution is 2.17. The smallest absolute Gasteiger partial charge is 0.222 e. The van der Waals surface area contributed by atoms with E-state index in [0.717, 1.165) is 32.2 Å². The fourth-order valence-electron chi connectivity index (χ4n) is 2.27. The Morgan fingerprint density at radius 2 is 2.47 bits per heavy atom. The second-order valence-corrected chi connectivity index (χ2v) is 4.87. The van der Waals surface area contributed by atoms with Crippen LogP contribution in [-0.2, 0) is 4.79 Å². The minimum absolute atomic E-state index is 0.0502. The van der Waals surface area contributed by atoms with Gasteiger partial charge in [-0.25, -0.2) is 9.97 Å². The lowest BCUT2D eigenvalue weighted by Crippen LogP contribution is -2.44. The van der Waals surface area contributed by atoms with Gasteiger partial charge in [-0.2, -0.15) is 0 Å². The molecule has 5 heteroatoms. The Balaban J connectivity index is 1.85. The number of hydrogen-bond acceptors (Lipinski definition) is 4. The summed E-state index contributed by atoms with van der Waals surface area (Å²) in [5.41, 5.74) is 0. The van der Waals surface area contributed by atoms with Crippen LogP contribution in [0, 0.1) is 0 Å². The van der Waals surface area contributed by atoms with Crippen LogP contribution in [0.5, 0.6) is 5.88 Å². The van der Waals surface area contributed by atoms with E-state index in [0.29, 0.717) is 18.8 Å². The maximum Gasteiger partial charge on any atom is 0.222 e. The molecule has 104 valence electrons. The molecule has 5 nitrogen and oxygen atoms in total. The number of ether oxygens (including phenoxy) is 1. The molecule has 1 saturated heterocycles. The normalized spacial score (nSPS) is 19.2. The number of amides is 1. The molecule has 0 bridgehead atoms. The number of carbonyl (C=O) groups excluding carboxylic acids is 1. The molecule has 0 saturated carbocycles. The van der Waals surface area contributed by atoms with E-state index in [4.69, 9.17) is 4.74 Å². The molecule has 1 atom stereocenters.